The Bertz CT molecular complexity index is 6510. The van der Waals surface area contributed by atoms with Gasteiger partial charge in [0.15, 0.2) is 16.9 Å². The number of oxazole rings is 2. The second kappa shape index (κ2) is 28.7. The van der Waals surface area contributed by atoms with Crippen LogP contribution >= 0.6 is 11.6 Å². The molecule has 10 heteroatoms. The number of fused-ring (bicyclic) bond motifs is 6. The zero-order valence-electron chi connectivity index (χ0n) is 59.7. The minimum Gasteiger partial charge on any atom is -0.436 e. The van der Waals surface area contributed by atoms with Gasteiger partial charge in [0.25, 0.3) is 0 Å². The zero-order valence-corrected chi connectivity index (χ0v) is 60.5. The van der Waals surface area contributed by atoms with E-state index in [2.05, 4.69) is 293 Å². The van der Waals surface area contributed by atoms with E-state index in [9.17, 15) is 0 Å². The van der Waals surface area contributed by atoms with Gasteiger partial charge in [-0.3, -0.25) is 0 Å². The number of hydrogen-bond donors (Lipinski definition) is 0. The maximum atomic E-state index is 9.14. The van der Waals surface area contributed by atoms with E-state index < -0.39 is 0 Å². The standard InChI is InChI=1S/C46H28N2O.C33H20ClNO.C19H20BNO2/c47-29-30-18-20-31(21-19-30)32-22-24-33(25-23-32)36-12-5-13-37(26-36)46-48-45-43(42-17-7-11-35-9-2-4-15-40(35)42)27-38(28-44(45)49-46)41-16-6-10-34-8-1-3-14-39(34)41;34-25-13-5-12-23(18-25)33-35-32-30(29-17-7-11-22-9-2-4-15-27(22)29)19-24(20-31(32)36-33)28-16-6-10-21-8-1-3-14-26(21)28;1-18(2)19(3,4)23-20(22-18)16-10-6-14(7-11-16)15-8-12-17(21-5)13-9-15/h1-28H;1-20H;6-13H,1-4H3. The third kappa shape index (κ3) is 13.4. The molecule has 0 aliphatic carbocycles. The Labute approximate surface area is 632 Å². The summed E-state index contributed by atoms with van der Waals surface area (Å²) < 4.78 is 25.2. The predicted octanol–water partition coefficient (Wildman–Crippen LogP) is 26.3. The second-order valence-electron chi connectivity index (χ2n) is 28.1. The molecule has 1 aliphatic heterocycles. The van der Waals surface area contributed by atoms with E-state index in [0.717, 1.165) is 117 Å². The Balaban J connectivity index is 0.000000127. The average Bonchev–Trinajstić information content (AvgIpc) is 1.47. The summed E-state index contributed by atoms with van der Waals surface area (Å²) in [4.78, 5) is 13.6. The van der Waals surface area contributed by atoms with E-state index in [4.69, 9.17) is 51.5 Å². The third-order valence-corrected chi connectivity index (χ3v) is 21.1. The maximum Gasteiger partial charge on any atom is 0.494 e. The van der Waals surface area contributed by atoms with Crippen LogP contribution in [0.3, 0.4) is 0 Å². The number of nitrogens with zero attached hydrogens (tertiary/aromatic N) is 4. The Kier molecular flexibility index (Phi) is 18.0. The highest BCUT2D eigenvalue weighted by molar-refractivity contribution is 6.62. The van der Waals surface area contributed by atoms with E-state index in [-0.39, 0.29) is 18.3 Å². The minimum atomic E-state index is -0.335. The van der Waals surface area contributed by atoms with Gasteiger partial charge in [0.2, 0.25) is 11.8 Å². The molecule has 0 N–H and O–H groups in total. The third-order valence-electron chi connectivity index (χ3n) is 20.9. The molecule has 0 spiro atoms. The summed E-state index contributed by atoms with van der Waals surface area (Å²) in [5.41, 5.74) is 22.1. The molecule has 1 fully saturated rings. The average molecular weight is 1410 g/mol. The molecule has 2 aromatic heterocycles. The van der Waals surface area contributed by atoms with E-state index in [1.165, 1.54) is 43.1 Å². The molecule has 0 amide bonds. The fraction of sp³-hybridized carbons (Fsp3) is 0.0612. The van der Waals surface area contributed by atoms with Crippen molar-refractivity contribution in [1.82, 2.24) is 9.97 Å². The van der Waals surface area contributed by atoms with E-state index in [1.54, 1.807) is 0 Å². The Morgan fingerprint density at radius 2 is 0.694 bits per heavy atom. The maximum absolute atomic E-state index is 9.14. The highest BCUT2D eigenvalue weighted by Crippen LogP contribution is 2.44. The highest BCUT2D eigenvalue weighted by atomic mass is 35.5. The Morgan fingerprint density at radius 1 is 0.343 bits per heavy atom. The molecule has 3 heterocycles. The van der Waals surface area contributed by atoms with Crippen LogP contribution in [0.1, 0.15) is 33.3 Å². The van der Waals surface area contributed by atoms with Gasteiger partial charge in [-0.1, -0.05) is 285 Å². The van der Waals surface area contributed by atoms with Crippen molar-refractivity contribution in [3.63, 3.8) is 0 Å². The molecular weight excluding hydrogens is 1340 g/mol. The summed E-state index contributed by atoms with van der Waals surface area (Å²) in [5.74, 6) is 1.15. The molecule has 1 saturated heterocycles. The van der Waals surface area contributed by atoms with Gasteiger partial charge < -0.3 is 18.1 Å². The normalized spacial score (nSPS) is 12.9. The van der Waals surface area contributed by atoms with Gasteiger partial charge in [0.05, 0.1) is 29.4 Å². The van der Waals surface area contributed by atoms with E-state index >= 15 is 0 Å². The quantitative estimate of drug-likeness (QED) is 0.0993. The van der Waals surface area contributed by atoms with E-state index in [1.807, 2.05) is 84.9 Å². The molecule has 0 bridgehead atoms. The number of rotatable bonds is 10. The predicted molar refractivity (Wildman–Crippen MR) is 445 cm³/mol. The van der Waals surface area contributed by atoms with Crippen molar-refractivity contribution in [2.75, 3.05) is 0 Å². The minimum absolute atomic E-state index is 0.327. The van der Waals surface area contributed by atoms with E-state index in [0.29, 0.717) is 28.1 Å². The number of hydrogen-bond acceptors (Lipinski definition) is 7. The van der Waals surface area contributed by atoms with Crippen molar-refractivity contribution >= 4 is 95.2 Å². The lowest BCUT2D eigenvalue weighted by molar-refractivity contribution is 0.00578. The molecule has 16 aromatic carbocycles. The van der Waals surface area contributed by atoms with Crippen LogP contribution in [0.5, 0.6) is 0 Å². The molecule has 8 nitrogen and oxygen atoms in total. The summed E-state index contributed by atoms with van der Waals surface area (Å²) in [5, 5.41) is 19.4. The van der Waals surface area contributed by atoms with Gasteiger partial charge >= 0.3 is 7.12 Å². The summed E-state index contributed by atoms with van der Waals surface area (Å²) >= 11 is 6.28. The van der Waals surface area contributed by atoms with Crippen molar-refractivity contribution in [1.29, 1.82) is 5.26 Å². The molecule has 0 atom stereocenters. The Hall–Kier alpha value is -13.2. The van der Waals surface area contributed by atoms with Gasteiger partial charge in [-0.25, -0.2) is 14.8 Å². The molecule has 0 unspecified atom stereocenters. The summed E-state index contributed by atoms with van der Waals surface area (Å²) in [7, 11) is -0.335. The van der Waals surface area contributed by atoms with Crippen molar-refractivity contribution in [3.8, 4) is 107 Å². The first-order valence-corrected chi connectivity index (χ1v) is 36.4. The van der Waals surface area contributed by atoms with Crippen LogP contribution in [0.15, 0.2) is 349 Å². The van der Waals surface area contributed by atoms with Crippen LogP contribution in [0.2, 0.25) is 5.02 Å². The largest absolute Gasteiger partial charge is 0.494 e. The van der Waals surface area contributed by atoms with Crippen LogP contribution in [0, 0.1) is 17.9 Å². The lowest BCUT2D eigenvalue weighted by Gasteiger charge is -2.32. The Morgan fingerprint density at radius 3 is 1.13 bits per heavy atom. The molecule has 108 heavy (non-hydrogen) atoms. The first-order chi connectivity index (χ1) is 52.8. The van der Waals surface area contributed by atoms with Crippen LogP contribution < -0.4 is 5.46 Å². The topological polar surface area (TPSA) is 98.7 Å². The molecular formula is C98H68BClN4O4. The number of halogens is 1. The monoisotopic (exact) mass is 1410 g/mol. The summed E-state index contributed by atoms with van der Waals surface area (Å²) in [6.45, 7) is 15.2. The number of benzene rings is 16. The molecule has 0 radical (unpaired) electrons. The fourth-order valence-corrected chi connectivity index (χ4v) is 14.7. The number of aromatic nitrogens is 2. The van der Waals surface area contributed by atoms with Gasteiger partial charge in [-0.15, -0.1) is 0 Å². The molecule has 0 saturated carbocycles. The van der Waals surface area contributed by atoms with Gasteiger partial charge in [-0.05, 0) is 210 Å². The van der Waals surface area contributed by atoms with Crippen LogP contribution in [0.25, 0.3) is 171 Å². The second-order valence-corrected chi connectivity index (χ2v) is 28.5. The highest BCUT2D eigenvalue weighted by Gasteiger charge is 2.51. The van der Waals surface area contributed by atoms with Gasteiger partial charge in [-0.2, -0.15) is 5.26 Å². The first kappa shape index (κ1) is 67.9. The van der Waals surface area contributed by atoms with Crippen molar-refractivity contribution < 1.29 is 18.1 Å². The van der Waals surface area contributed by atoms with Crippen LogP contribution in [-0.4, -0.2) is 28.3 Å². The molecule has 18 aromatic rings. The first-order valence-electron chi connectivity index (χ1n) is 36.0. The van der Waals surface area contributed by atoms with Crippen molar-refractivity contribution in [3.05, 3.63) is 362 Å². The lowest BCUT2D eigenvalue weighted by atomic mass is 9.78. The number of nitriles is 1. The van der Waals surface area contributed by atoms with Gasteiger partial charge in [0.1, 0.15) is 11.0 Å². The molecule has 19 rings (SSSR count). The molecule has 514 valence electrons. The SMILES string of the molecule is Clc1cccc(-c2nc3c(-c4cccc5ccccc45)cc(-c4cccc5ccccc45)cc3o2)c1.N#Cc1ccc(-c2ccc(-c3cccc(-c4nc5c(-c6cccc7ccccc67)cc(-c6cccc7ccccc67)cc5o4)c3)cc2)cc1.[C-]#[N+]c1ccc(-c2ccc(B3OC(C)(C)C(C)(C)O3)cc2)cc1. The summed E-state index contributed by atoms with van der Waals surface area (Å²) in [6, 6.07) is 119. The molecule has 1 aliphatic rings. The fourth-order valence-electron chi connectivity index (χ4n) is 14.5. The zero-order chi connectivity index (χ0) is 73.5. The van der Waals surface area contributed by atoms with Crippen LogP contribution in [-0.2, 0) is 9.31 Å². The van der Waals surface area contributed by atoms with Crippen LogP contribution in [0.4, 0.5) is 5.69 Å². The van der Waals surface area contributed by atoms with Gasteiger partial charge in [0, 0.05) is 27.3 Å². The summed E-state index contributed by atoms with van der Waals surface area (Å²) in [6.07, 6.45) is 0. The van der Waals surface area contributed by atoms with Crippen molar-refractivity contribution in [2.24, 2.45) is 0 Å². The van der Waals surface area contributed by atoms with Crippen molar-refractivity contribution in [2.45, 2.75) is 38.9 Å². The lowest BCUT2D eigenvalue weighted by Crippen LogP contribution is -2.41. The smallest absolute Gasteiger partial charge is 0.436 e.